The van der Waals surface area contributed by atoms with Crippen LogP contribution in [-0.4, -0.2) is 5.71 Å². The number of hydrogen-bond acceptors (Lipinski definition) is 2. The van der Waals surface area contributed by atoms with E-state index >= 15 is 0 Å². The van der Waals surface area contributed by atoms with Crippen LogP contribution in [0.5, 0.6) is 0 Å². The molecule has 144 valence electrons. The fraction of sp³-hybridized carbons (Fsp3) is 0.381. The van der Waals surface area contributed by atoms with Crippen molar-refractivity contribution in [3.05, 3.63) is 64.2 Å². The molecule has 0 heterocycles. The zero-order valence-electron chi connectivity index (χ0n) is 15.1. The second kappa shape index (κ2) is 8.34. The van der Waals surface area contributed by atoms with Crippen LogP contribution in [0.2, 0.25) is 5.02 Å². The molecule has 0 bridgehead atoms. The predicted octanol–water partition coefficient (Wildman–Crippen LogP) is 7.24. The molecule has 3 rings (SSSR count). The molecule has 0 amide bonds. The van der Waals surface area contributed by atoms with Crippen LogP contribution >= 0.6 is 11.6 Å². The van der Waals surface area contributed by atoms with Gasteiger partial charge in [0, 0.05) is 0 Å². The Kier molecular flexibility index (Phi) is 6.10. The minimum atomic E-state index is -4.42. The van der Waals surface area contributed by atoms with Crippen molar-refractivity contribution in [1.82, 2.24) is 0 Å². The third-order valence-electron chi connectivity index (χ3n) is 5.04. The van der Waals surface area contributed by atoms with Crippen LogP contribution < -0.4 is 5.43 Å². The van der Waals surface area contributed by atoms with Gasteiger partial charge in [0.15, 0.2) is 0 Å². The van der Waals surface area contributed by atoms with E-state index in [1.165, 1.54) is 43.7 Å². The van der Waals surface area contributed by atoms with Crippen LogP contribution in [0.4, 0.5) is 18.9 Å². The fourth-order valence-electron chi connectivity index (χ4n) is 3.43. The first-order valence-electron chi connectivity index (χ1n) is 9.12. The van der Waals surface area contributed by atoms with Crippen LogP contribution in [0.3, 0.4) is 0 Å². The van der Waals surface area contributed by atoms with Crippen molar-refractivity contribution in [2.24, 2.45) is 5.10 Å². The lowest BCUT2D eigenvalue weighted by atomic mass is 9.84. The number of benzene rings is 2. The van der Waals surface area contributed by atoms with E-state index in [0.29, 0.717) is 11.6 Å². The Bertz CT molecular complexity index is 807. The maximum atomic E-state index is 12.8. The second-order valence-corrected chi connectivity index (χ2v) is 7.37. The zero-order chi connectivity index (χ0) is 19.4. The molecule has 1 aliphatic rings. The molecule has 2 aromatic rings. The molecule has 0 radical (unpaired) electrons. The molecule has 1 fully saturated rings. The monoisotopic (exact) mass is 394 g/mol. The average Bonchev–Trinajstić information content (AvgIpc) is 2.67. The molecular weight excluding hydrogens is 373 g/mol. The third-order valence-corrected chi connectivity index (χ3v) is 5.37. The van der Waals surface area contributed by atoms with Gasteiger partial charge in [-0.15, -0.1) is 0 Å². The number of alkyl halides is 3. The van der Waals surface area contributed by atoms with Crippen LogP contribution in [0.25, 0.3) is 0 Å². The number of hydrazone groups is 1. The fourth-order valence-corrected chi connectivity index (χ4v) is 3.59. The van der Waals surface area contributed by atoms with Crippen molar-refractivity contribution >= 4 is 23.0 Å². The lowest BCUT2D eigenvalue weighted by molar-refractivity contribution is -0.137. The van der Waals surface area contributed by atoms with Crippen molar-refractivity contribution in [2.45, 2.75) is 51.1 Å². The average molecular weight is 395 g/mol. The summed E-state index contributed by atoms with van der Waals surface area (Å²) in [4.78, 5) is 0. The van der Waals surface area contributed by atoms with Gasteiger partial charge in [0.05, 0.1) is 22.0 Å². The van der Waals surface area contributed by atoms with Gasteiger partial charge in [-0.1, -0.05) is 55.1 Å². The number of hydrogen-bond donors (Lipinski definition) is 1. The summed E-state index contributed by atoms with van der Waals surface area (Å²) in [6.07, 6.45) is 1.95. The van der Waals surface area contributed by atoms with Gasteiger partial charge in [0.25, 0.3) is 0 Å². The number of halogens is 4. The molecular formula is C21H22ClF3N2. The third kappa shape index (κ3) is 5.04. The summed E-state index contributed by atoms with van der Waals surface area (Å²) in [5.74, 6) is 0.632. The molecule has 0 aromatic heterocycles. The van der Waals surface area contributed by atoms with E-state index in [0.717, 1.165) is 17.7 Å². The standard InChI is InChI=1S/C21H22ClF3N2/c1-14(15-7-9-17(10-8-15)16-5-3-2-4-6-16)26-27-20-13-18(21(23,24)25)11-12-19(20)22/h7-13,16,27H,2-6H2,1H3. The summed E-state index contributed by atoms with van der Waals surface area (Å²) in [5.41, 5.74) is 4.97. The summed E-state index contributed by atoms with van der Waals surface area (Å²) < 4.78 is 38.5. The molecule has 1 N–H and O–H groups in total. The van der Waals surface area contributed by atoms with Crippen molar-refractivity contribution in [3.8, 4) is 0 Å². The van der Waals surface area contributed by atoms with Crippen molar-refractivity contribution < 1.29 is 13.2 Å². The summed E-state index contributed by atoms with van der Waals surface area (Å²) in [6, 6.07) is 11.4. The van der Waals surface area contributed by atoms with Crippen LogP contribution in [-0.2, 0) is 6.18 Å². The van der Waals surface area contributed by atoms with Gasteiger partial charge in [-0.2, -0.15) is 18.3 Å². The van der Waals surface area contributed by atoms with Gasteiger partial charge < -0.3 is 0 Å². The van der Waals surface area contributed by atoms with E-state index in [-0.39, 0.29) is 10.7 Å². The molecule has 0 saturated heterocycles. The van der Waals surface area contributed by atoms with Gasteiger partial charge in [0.1, 0.15) is 0 Å². The number of nitrogens with one attached hydrogen (secondary N) is 1. The molecule has 0 unspecified atom stereocenters. The molecule has 0 aliphatic heterocycles. The van der Waals surface area contributed by atoms with E-state index in [9.17, 15) is 13.2 Å². The van der Waals surface area contributed by atoms with Gasteiger partial charge in [-0.3, -0.25) is 5.43 Å². The van der Waals surface area contributed by atoms with Crippen molar-refractivity contribution in [3.63, 3.8) is 0 Å². The molecule has 2 aromatic carbocycles. The topological polar surface area (TPSA) is 24.4 Å². The quantitative estimate of drug-likeness (QED) is 0.428. The SMILES string of the molecule is CC(=NNc1cc(C(F)(F)F)ccc1Cl)c1ccc(C2CCCCC2)cc1. The van der Waals surface area contributed by atoms with E-state index < -0.39 is 11.7 Å². The summed E-state index contributed by atoms with van der Waals surface area (Å²) in [6.45, 7) is 1.81. The Balaban J connectivity index is 1.72. The summed E-state index contributed by atoms with van der Waals surface area (Å²) in [7, 11) is 0. The summed E-state index contributed by atoms with van der Waals surface area (Å²) in [5, 5.41) is 4.39. The van der Waals surface area contributed by atoms with Gasteiger partial charge in [0.2, 0.25) is 0 Å². The summed E-state index contributed by atoms with van der Waals surface area (Å²) >= 11 is 5.98. The first-order valence-corrected chi connectivity index (χ1v) is 9.50. The number of nitrogens with zero attached hydrogens (tertiary/aromatic N) is 1. The van der Waals surface area contributed by atoms with E-state index in [4.69, 9.17) is 11.6 Å². The van der Waals surface area contributed by atoms with E-state index in [2.05, 4.69) is 22.7 Å². The van der Waals surface area contributed by atoms with E-state index in [1.54, 1.807) is 0 Å². The molecule has 0 atom stereocenters. The highest BCUT2D eigenvalue weighted by atomic mass is 35.5. The van der Waals surface area contributed by atoms with Crippen LogP contribution in [0, 0.1) is 0 Å². The molecule has 1 aliphatic carbocycles. The highest BCUT2D eigenvalue weighted by Gasteiger charge is 2.31. The smallest absolute Gasteiger partial charge is 0.277 e. The normalized spacial score (nSPS) is 16.4. The molecule has 27 heavy (non-hydrogen) atoms. The Morgan fingerprint density at radius 2 is 1.70 bits per heavy atom. The highest BCUT2D eigenvalue weighted by molar-refractivity contribution is 6.33. The first kappa shape index (κ1) is 19.7. The van der Waals surface area contributed by atoms with E-state index in [1.807, 2.05) is 19.1 Å². The Morgan fingerprint density at radius 1 is 1.04 bits per heavy atom. The maximum Gasteiger partial charge on any atom is 0.416 e. The first-order chi connectivity index (χ1) is 12.8. The Labute approximate surface area is 162 Å². The van der Waals surface area contributed by atoms with Crippen molar-refractivity contribution in [2.75, 3.05) is 5.43 Å². The predicted molar refractivity (Wildman–Crippen MR) is 105 cm³/mol. The van der Waals surface area contributed by atoms with Crippen molar-refractivity contribution in [1.29, 1.82) is 0 Å². The minimum Gasteiger partial charge on any atom is -0.277 e. The maximum absolute atomic E-state index is 12.8. The largest absolute Gasteiger partial charge is 0.416 e. The Morgan fingerprint density at radius 3 is 2.33 bits per heavy atom. The number of anilines is 1. The number of rotatable bonds is 4. The van der Waals surface area contributed by atoms with Gasteiger partial charge in [-0.25, -0.2) is 0 Å². The molecule has 0 spiro atoms. The molecule has 1 saturated carbocycles. The van der Waals surface area contributed by atoms with Gasteiger partial charge in [-0.05, 0) is 55.0 Å². The van der Waals surface area contributed by atoms with Crippen LogP contribution in [0.1, 0.15) is 61.6 Å². The zero-order valence-corrected chi connectivity index (χ0v) is 15.9. The highest BCUT2D eigenvalue weighted by Crippen LogP contribution is 2.34. The Hall–Kier alpha value is -2.01. The van der Waals surface area contributed by atoms with Crippen LogP contribution in [0.15, 0.2) is 47.6 Å². The second-order valence-electron chi connectivity index (χ2n) is 6.96. The lowest BCUT2D eigenvalue weighted by Gasteiger charge is -2.22. The lowest BCUT2D eigenvalue weighted by Crippen LogP contribution is -2.07. The van der Waals surface area contributed by atoms with Gasteiger partial charge >= 0.3 is 6.18 Å². The molecule has 2 nitrogen and oxygen atoms in total. The minimum absolute atomic E-state index is 0.129. The molecule has 6 heteroatoms.